The first-order valence-corrected chi connectivity index (χ1v) is 5.19. The van der Waals surface area contributed by atoms with Crippen LogP contribution in [0.4, 0.5) is 0 Å². The molecule has 0 heterocycles. The Hall–Kier alpha value is -1.22. The van der Waals surface area contributed by atoms with Gasteiger partial charge in [-0.05, 0) is 42.5 Å². The first-order chi connectivity index (χ1) is 7.26. The molecule has 0 radical (unpaired) electrons. The summed E-state index contributed by atoms with van der Waals surface area (Å²) in [6, 6.07) is 3.86. The molecule has 1 aromatic rings. The summed E-state index contributed by atoms with van der Waals surface area (Å²) in [5.41, 5.74) is 2.16. The van der Waals surface area contributed by atoms with Crippen molar-refractivity contribution in [3.8, 4) is 11.5 Å². The number of rotatable bonds is 2. The van der Waals surface area contributed by atoms with Crippen molar-refractivity contribution >= 4 is 0 Å². The molecule has 1 aliphatic rings. The van der Waals surface area contributed by atoms with Crippen LogP contribution in [0.25, 0.3) is 0 Å². The SMILES string of the molecule is COc1cc2c(cc1OC)[C@@H](O)CCC2. The zero-order chi connectivity index (χ0) is 10.8. The van der Waals surface area contributed by atoms with Crippen molar-refractivity contribution in [2.24, 2.45) is 0 Å². The molecule has 0 aromatic heterocycles. The molecule has 0 saturated heterocycles. The molecule has 2 rings (SSSR count). The van der Waals surface area contributed by atoms with Crippen LogP contribution in [0, 0.1) is 0 Å². The number of aryl methyl sites for hydroxylation is 1. The van der Waals surface area contributed by atoms with Gasteiger partial charge in [0.15, 0.2) is 11.5 Å². The summed E-state index contributed by atoms with van der Waals surface area (Å²) >= 11 is 0. The molecular weight excluding hydrogens is 192 g/mol. The Morgan fingerprint density at radius 2 is 1.87 bits per heavy atom. The number of aliphatic hydroxyl groups excluding tert-OH is 1. The van der Waals surface area contributed by atoms with Gasteiger partial charge in [0.25, 0.3) is 0 Å². The molecule has 0 amide bonds. The Kier molecular flexibility index (Phi) is 2.82. The van der Waals surface area contributed by atoms with E-state index in [0.29, 0.717) is 5.75 Å². The normalized spacial score (nSPS) is 19.5. The summed E-state index contributed by atoms with van der Waals surface area (Å²) in [4.78, 5) is 0. The monoisotopic (exact) mass is 208 g/mol. The first kappa shape index (κ1) is 10.3. The van der Waals surface area contributed by atoms with Gasteiger partial charge in [0.2, 0.25) is 0 Å². The molecular formula is C12H16O3. The van der Waals surface area contributed by atoms with Gasteiger partial charge in [-0.2, -0.15) is 0 Å². The molecule has 3 heteroatoms. The lowest BCUT2D eigenvalue weighted by molar-refractivity contribution is 0.156. The predicted molar refractivity (Wildman–Crippen MR) is 57.4 cm³/mol. The van der Waals surface area contributed by atoms with Gasteiger partial charge in [-0.25, -0.2) is 0 Å². The molecule has 15 heavy (non-hydrogen) atoms. The first-order valence-electron chi connectivity index (χ1n) is 5.19. The average molecular weight is 208 g/mol. The Bertz CT molecular complexity index is 360. The van der Waals surface area contributed by atoms with E-state index in [-0.39, 0.29) is 6.10 Å². The summed E-state index contributed by atoms with van der Waals surface area (Å²) in [6.07, 6.45) is 2.52. The highest BCUT2D eigenvalue weighted by Crippen LogP contribution is 2.37. The molecule has 0 unspecified atom stereocenters. The van der Waals surface area contributed by atoms with E-state index in [0.717, 1.165) is 30.6 Å². The van der Waals surface area contributed by atoms with Crippen LogP contribution >= 0.6 is 0 Å². The number of hydrogen-bond donors (Lipinski definition) is 1. The van der Waals surface area contributed by atoms with Gasteiger partial charge >= 0.3 is 0 Å². The zero-order valence-corrected chi connectivity index (χ0v) is 9.12. The highest BCUT2D eigenvalue weighted by molar-refractivity contribution is 5.48. The van der Waals surface area contributed by atoms with E-state index in [1.54, 1.807) is 14.2 Å². The predicted octanol–water partition coefficient (Wildman–Crippen LogP) is 2.07. The van der Waals surface area contributed by atoms with Crippen LogP contribution in [-0.2, 0) is 6.42 Å². The molecule has 1 N–H and O–H groups in total. The van der Waals surface area contributed by atoms with Crippen LogP contribution in [0.1, 0.15) is 30.1 Å². The Morgan fingerprint density at radius 3 is 2.53 bits per heavy atom. The van der Waals surface area contributed by atoms with E-state index in [4.69, 9.17) is 9.47 Å². The summed E-state index contributed by atoms with van der Waals surface area (Å²) in [5.74, 6) is 1.43. The lowest BCUT2D eigenvalue weighted by atomic mass is 9.89. The second-order valence-electron chi connectivity index (χ2n) is 3.81. The molecule has 1 atom stereocenters. The van der Waals surface area contributed by atoms with E-state index < -0.39 is 0 Å². The van der Waals surface area contributed by atoms with Gasteiger partial charge in [0, 0.05) is 0 Å². The average Bonchev–Trinajstić information content (AvgIpc) is 2.28. The Balaban J connectivity index is 2.48. The summed E-state index contributed by atoms with van der Waals surface area (Å²) in [7, 11) is 3.24. The van der Waals surface area contributed by atoms with Crippen LogP contribution in [-0.4, -0.2) is 19.3 Å². The van der Waals surface area contributed by atoms with Gasteiger partial charge < -0.3 is 14.6 Å². The second kappa shape index (κ2) is 4.11. The van der Waals surface area contributed by atoms with Gasteiger partial charge in [0.1, 0.15) is 0 Å². The van der Waals surface area contributed by atoms with Crippen molar-refractivity contribution in [1.82, 2.24) is 0 Å². The number of aliphatic hydroxyl groups is 1. The van der Waals surface area contributed by atoms with Crippen molar-refractivity contribution in [3.05, 3.63) is 23.3 Å². The molecule has 3 nitrogen and oxygen atoms in total. The third-order valence-corrected chi connectivity index (χ3v) is 2.93. The number of methoxy groups -OCH3 is 2. The molecule has 1 aliphatic carbocycles. The highest BCUT2D eigenvalue weighted by Gasteiger charge is 2.20. The molecule has 82 valence electrons. The molecule has 1 aromatic carbocycles. The maximum Gasteiger partial charge on any atom is 0.161 e. The van der Waals surface area contributed by atoms with Crippen LogP contribution in [0.15, 0.2) is 12.1 Å². The largest absolute Gasteiger partial charge is 0.493 e. The van der Waals surface area contributed by atoms with Gasteiger partial charge in [-0.1, -0.05) is 0 Å². The molecule has 0 aliphatic heterocycles. The van der Waals surface area contributed by atoms with Gasteiger partial charge in [-0.15, -0.1) is 0 Å². The molecule has 0 bridgehead atoms. The molecule has 0 spiro atoms. The number of benzene rings is 1. The zero-order valence-electron chi connectivity index (χ0n) is 9.12. The fraction of sp³-hybridized carbons (Fsp3) is 0.500. The lowest BCUT2D eigenvalue weighted by Gasteiger charge is -2.23. The van der Waals surface area contributed by atoms with Gasteiger partial charge in [-0.3, -0.25) is 0 Å². The van der Waals surface area contributed by atoms with Crippen LogP contribution in [0.2, 0.25) is 0 Å². The van der Waals surface area contributed by atoms with Crippen LogP contribution in [0.5, 0.6) is 11.5 Å². The van der Waals surface area contributed by atoms with E-state index in [1.165, 1.54) is 5.56 Å². The molecule has 0 fully saturated rings. The van der Waals surface area contributed by atoms with Crippen molar-refractivity contribution in [3.63, 3.8) is 0 Å². The minimum atomic E-state index is -0.353. The fourth-order valence-electron chi connectivity index (χ4n) is 2.10. The maximum atomic E-state index is 9.85. The van der Waals surface area contributed by atoms with Crippen LogP contribution in [0.3, 0.4) is 0 Å². The summed E-state index contributed by atoms with van der Waals surface area (Å²) in [6.45, 7) is 0. The Labute approximate surface area is 89.6 Å². The smallest absolute Gasteiger partial charge is 0.161 e. The van der Waals surface area contributed by atoms with Gasteiger partial charge in [0.05, 0.1) is 20.3 Å². The third-order valence-electron chi connectivity index (χ3n) is 2.93. The van der Waals surface area contributed by atoms with E-state index >= 15 is 0 Å². The van der Waals surface area contributed by atoms with Crippen molar-refractivity contribution in [2.75, 3.05) is 14.2 Å². The standard InChI is InChI=1S/C12H16O3/c1-14-11-6-8-4-3-5-10(13)9(8)7-12(11)15-2/h6-7,10,13H,3-5H2,1-2H3/t10-/m0/s1. The third kappa shape index (κ3) is 1.79. The minimum Gasteiger partial charge on any atom is -0.493 e. The van der Waals surface area contributed by atoms with E-state index in [2.05, 4.69) is 0 Å². The van der Waals surface area contributed by atoms with E-state index in [1.807, 2.05) is 12.1 Å². The maximum absolute atomic E-state index is 9.85. The van der Waals surface area contributed by atoms with Crippen LogP contribution < -0.4 is 9.47 Å². The lowest BCUT2D eigenvalue weighted by Crippen LogP contribution is -2.09. The summed E-state index contributed by atoms with van der Waals surface area (Å²) in [5, 5.41) is 9.85. The number of ether oxygens (including phenoxy) is 2. The van der Waals surface area contributed by atoms with E-state index in [9.17, 15) is 5.11 Å². The van der Waals surface area contributed by atoms with Crippen molar-refractivity contribution in [1.29, 1.82) is 0 Å². The molecule has 0 saturated carbocycles. The number of hydrogen-bond acceptors (Lipinski definition) is 3. The number of fused-ring (bicyclic) bond motifs is 1. The minimum absolute atomic E-state index is 0.353. The second-order valence-corrected chi connectivity index (χ2v) is 3.81. The van der Waals surface area contributed by atoms with Crippen molar-refractivity contribution < 1.29 is 14.6 Å². The summed E-state index contributed by atoms with van der Waals surface area (Å²) < 4.78 is 10.4. The van der Waals surface area contributed by atoms with Crippen molar-refractivity contribution in [2.45, 2.75) is 25.4 Å². The Morgan fingerprint density at radius 1 is 1.20 bits per heavy atom. The topological polar surface area (TPSA) is 38.7 Å². The quantitative estimate of drug-likeness (QED) is 0.808. The fourth-order valence-corrected chi connectivity index (χ4v) is 2.10. The highest BCUT2D eigenvalue weighted by atomic mass is 16.5.